The number of ether oxygens (including phenoxy) is 1. The van der Waals surface area contributed by atoms with Crippen LogP contribution in [0.3, 0.4) is 0 Å². The zero-order chi connectivity index (χ0) is 81.9. The fourth-order valence-corrected chi connectivity index (χ4v) is 15.1. The number of halogens is 10. The van der Waals surface area contributed by atoms with Crippen LogP contribution in [0.5, 0.6) is 0 Å². The average Bonchev–Trinajstić information content (AvgIpc) is 1.32. The van der Waals surface area contributed by atoms with Gasteiger partial charge in [0.05, 0.1) is 31.2 Å². The predicted octanol–water partition coefficient (Wildman–Crippen LogP) is 5.98. The Morgan fingerprint density at radius 2 is 1.27 bits per heavy atom. The number of fused-ring (bicyclic) bond motifs is 3. The maximum absolute atomic E-state index is 15.5. The summed E-state index contributed by atoms with van der Waals surface area (Å²) in [5.74, 6) is -16.7. The molecule has 7 rings (SSSR count). The Bertz CT molecular complexity index is 3700. The van der Waals surface area contributed by atoms with Gasteiger partial charge in [0, 0.05) is 75.9 Å². The van der Waals surface area contributed by atoms with Crippen molar-refractivity contribution in [3.8, 4) is 0 Å². The lowest BCUT2D eigenvalue weighted by Crippen LogP contribution is -2.69. The van der Waals surface area contributed by atoms with E-state index in [1.165, 1.54) is 49.3 Å². The Kier molecular flexibility index (Phi) is 30.0. The second-order valence-electron chi connectivity index (χ2n) is 30.2. The topological polar surface area (TPSA) is 279 Å². The summed E-state index contributed by atoms with van der Waals surface area (Å²) in [7, 11) is 10.3. The van der Waals surface area contributed by atoms with Gasteiger partial charge in [-0.15, -0.1) is 0 Å². The summed E-state index contributed by atoms with van der Waals surface area (Å²) in [6.07, 6.45) is -12.7. The zero-order valence-electron chi connectivity index (χ0n) is 64.1. The van der Waals surface area contributed by atoms with E-state index in [4.69, 9.17) is 4.74 Å². The molecule has 35 heteroatoms. The minimum atomic E-state index is -5.51. The first-order valence-corrected chi connectivity index (χ1v) is 37.0. The van der Waals surface area contributed by atoms with Crippen LogP contribution in [0.4, 0.5) is 43.9 Å². The third-order valence-electron chi connectivity index (χ3n) is 21.8. The molecule has 2 aliphatic carbocycles. The number of hydrogen-bond acceptors (Lipinski definition) is 13. The lowest BCUT2D eigenvalue weighted by atomic mass is 9.74. The normalized spacial score (nSPS) is 25.9. The molecule has 3 heterocycles. The molecule has 0 radical (unpaired) electrons. The van der Waals surface area contributed by atoms with Crippen molar-refractivity contribution < 1.29 is 106 Å². The van der Waals surface area contributed by atoms with Gasteiger partial charge in [0.15, 0.2) is 0 Å². The smallest absolute Gasteiger partial charge is 0.370 e. The molecular weight excluding hydrogens is 1470 g/mol. The standard InChI is InChI=1S/C75H102F10N12O13/c1-13-43(4)61-70(107)91(8)40-59(100)92(9)51-22-15-14-18-32-96(69(51)106)54(37-44-23-26-47(27-24-44)74(80,81)82)68(105)90(7)39-57(98)86-50(28-25-45-35-48(76)60(49(77)36-45)75(83,84)85)66(103)97-33-29-55(110-41-56(78)79)63(97)65(102)88-73(30-19-31-73)72(109)95(12)62(46-20-16-17-21-46)71(108)94(11)53(67(104)89(5)6)38-58(99)93(10)52(34-42(2)3)64(101)87-61/h14-15,23-24,26-27,35-36,42-43,46,50-56,61-63H,13,16-22,25,28-34,37-41H2,1-12H3,(H,86,98)(H,87,101)(H,88,102)/b15-14-/t43-,50+,51-,52-,53-,54-,55-,61-,62-,63-/m0/s1. The number of carbonyl (C=O) groups excluding carboxylic acids is 12. The second-order valence-corrected chi connectivity index (χ2v) is 30.2. The molecule has 2 saturated heterocycles. The fraction of sp³-hybridized carbons (Fsp3) is 0.653. The highest BCUT2D eigenvalue weighted by atomic mass is 19.4. The summed E-state index contributed by atoms with van der Waals surface area (Å²) < 4.78 is 148. The Balaban J connectivity index is 1.37. The molecule has 12 amide bonds. The number of likely N-dealkylation sites (N-methyl/N-ethyl adjacent to an activating group) is 7. The van der Waals surface area contributed by atoms with Crippen LogP contribution in [-0.2, 0) is 87.5 Å². The Morgan fingerprint density at radius 3 is 1.83 bits per heavy atom. The van der Waals surface area contributed by atoms with Crippen molar-refractivity contribution in [2.75, 3.05) is 89.2 Å². The van der Waals surface area contributed by atoms with Crippen LogP contribution in [-0.4, -0.2) is 271 Å². The molecule has 5 aliphatic rings. The number of carbonyl (C=O) groups is 12. The van der Waals surface area contributed by atoms with Gasteiger partial charge in [-0.2, -0.15) is 26.3 Å². The molecule has 0 aromatic heterocycles. The van der Waals surface area contributed by atoms with Gasteiger partial charge in [0.1, 0.15) is 77.7 Å². The summed E-state index contributed by atoms with van der Waals surface area (Å²) in [6.45, 7) is 3.12. The van der Waals surface area contributed by atoms with Crippen LogP contribution in [0.25, 0.3) is 0 Å². The van der Waals surface area contributed by atoms with Crippen LogP contribution in [0.1, 0.15) is 140 Å². The molecule has 610 valence electrons. The Hall–Kier alpha value is -8.92. The number of alkyl halides is 8. The summed E-state index contributed by atoms with van der Waals surface area (Å²) in [4.78, 5) is 190. The highest BCUT2D eigenvalue weighted by molar-refractivity contribution is 6.01. The van der Waals surface area contributed by atoms with E-state index in [2.05, 4.69) is 16.0 Å². The first-order valence-electron chi connectivity index (χ1n) is 37.0. The van der Waals surface area contributed by atoms with Gasteiger partial charge in [-0.1, -0.05) is 71.2 Å². The number of rotatable bonds is 14. The highest BCUT2D eigenvalue weighted by Gasteiger charge is 2.55. The molecule has 2 aromatic rings. The molecule has 0 unspecified atom stereocenters. The largest absolute Gasteiger partial charge is 0.422 e. The highest BCUT2D eigenvalue weighted by Crippen LogP contribution is 2.40. The van der Waals surface area contributed by atoms with Gasteiger partial charge in [0.2, 0.25) is 70.9 Å². The van der Waals surface area contributed by atoms with Crippen molar-refractivity contribution in [2.24, 2.45) is 17.8 Å². The molecule has 2 saturated carbocycles. The van der Waals surface area contributed by atoms with E-state index in [9.17, 15) is 63.9 Å². The first kappa shape index (κ1) is 88.3. The number of hydrogen-bond donors (Lipinski definition) is 3. The number of nitrogens with one attached hydrogen (secondary N) is 3. The van der Waals surface area contributed by atoms with Crippen molar-refractivity contribution in [3.05, 3.63) is 82.4 Å². The minimum absolute atomic E-state index is 0.00803. The predicted molar refractivity (Wildman–Crippen MR) is 379 cm³/mol. The number of amides is 12. The van der Waals surface area contributed by atoms with E-state index in [0.29, 0.717) is 44.2 Å². The molecule has 4 fully saturated rings. The molecule has 3 N–H and O–H groups in total. The zero-order valence-corrected chi connectivity index (χ0v) is 64.1. The molecule has 2 aromatic carbocycles. The van der Waals surface area contributed by atoms with Crippen molar-refractivity contribution >= 4 is 70.9 Å². The van der Waals surface area contributed by atoms with E-state index in [-0.39, 0.29) is 63.0 Å². The Labute approximate surface area is 633 Å². The van der Waals surface area contributed by atoms with Gasteiger partial charge in [-0.3, -0.25) is 57.5 Å². The van der Waals surface area contributed by atoms with Crippen molar-refractivity contribution in [3.63, 3.8) is 0 Å². The van der Waals surface area contributed by atoms with E-state index in [1.807, 2.05) is 0 Å². The van der Waals surface area contributed by atoms with Crippen molar-refractivity contribution in [2.45, 2.75) is 209 Å². The van der Waals surface area contributed by atoms with Crippen LogP contribution < -0.4 is 16.0 Å². The lowest BCUT2D eigenvalue weighted by molar-refractivity contribution is -0.158. The van der Waals surface area contributed by atoms with E-state index in [0.717, 1.165) is 75.4 Å². The van der Waals surface area contributed by atoms with E-state index in [1.54, 1.807) is 39.8 Å². The van der Waals surface area contributed by atoms with Crippen LogP contribution in [0, 0.1) is 29.4 Å². The second kappa shape index (κ2) is 37.4. The molecule has 110 heavy (non-hydrogen) atoms. The fourth-order valence-electron chi connectivity index (χ4n) is 15.1. The molecule has 3 aliphatic heterocycles. The SMILES string of the molecule is CC[C@H](C)[C@@H]1NC(=O)[C@H](CC(C)C)N(C)C(=O)C[C@@H](C(=O)N(C)C)N(C)C(=O)[C@H](C2CCCC2)N(C)C(=O)C2(CCC2)NC(=O)[C@@H]2[C@@H](OCC(F)F)CCN2C(=O)[C@@H](CCc2cc(F)c(C(F)(F)F)c(F)c2)NC(=O)CN(C)C(=O)[C@H](Cc2ccc(C(F)(F)F)cc2)N2CC/C=C\C[C@@H](C2=O)N(C)C(=O)CN(C)C1=O. The Morgan fingerprint density at radius 1 is 0.655 bits per heavy atom. The first-order chi connectivity index (χ1) is 51.4. The van der Waals surface area contributed by atoms with Gasteiger partial charge in [-0.05, 0) is 124 Å². The van der Waals surface area contributed by atoms with Gasteiger partial charge in [0.25, 0.3) is 6.43 Å². The maximum atomic E-state index is 15.5. The van der Waals surface area contributed by atoms with E-state index < -0.39 is 242 Å². The van der Waals surface area contributed by atoms with Crippen molar-refractivity contribution in [1.29, 1.82) is 0 Å². The van der Waals surface area contributed by atoms with Gasteiger partial charge >= 0.3 is 12.4 Å². The molecule has 2 bridgehead atoms. The number of benzene rings is 2. The summed E-state index contributed by atoms with van der Waals surface area (Å²) in [5.41, 5.74) is -5.63. The summed E-state index contributed by atoms with van der Waals surface area (Å²) >= 11 is 0. The molecule has 25 nitrogen and oxygen atoms in total. The van der Waals surface area contributed by atoms with E-state index >= 15 is 37.5 Å². The van der Waals surface area contributed by atoms with Crippen LogP contribution in [0.2, 0.25) is 0 Å². The van der Waals surface area contributed by atoms with Crippen molar-refractivity contribution in [1.82, 2.24) is 60.0 Å². The monoisotopic (exact) mass is 1570 g/mol. The number of aryl methyl sites for hydroxylation is 1. The molecule has 10 atom stereocenters. The lowest BCUT2D eigenvalue weighted by Gasteiger charge is -2.47. The summed E-state index contributed by atoms with van der Waals surface area (Å²) in [6, 6.07) is -8.49. The molecular formula is C75H102F10N12O13. The average molecular weight is 1570 g/mol. The minimum Gasteiger partial charge on any atom is -0.370 e. The van der Waals surface area contributed by atoms with Crippen LogP contribution >= 0.6 is 0 Å². The van der Waals surface area contributed by atoms with Gasteiger partial charge in [-0.25, -0.2) is 17.6 Å². The quantitative estimate of drug-likeness (QED) is 0.145. The molecule has 1 spiro atoms. The van der Waals surface area contributed by atoms with Gasteiger partial charge < -0.3 is 64.8 Å². The third kappa shape index (κ3) is 21.2. The number of nitrogens with zero attached hydrogens (tertiary/aromatic N) is 9. The van der Waals surface area contributed by atoms with Crippen LogP contribution in [0.15, 0.2) is 48.6 Å². The summed E-state index contributed by atoms with van der Waals surface area (Å²) in [5, 5.41) is 7.98. The third-order valence-corrected chi connectivity index (χ3v) is 21.8. The maximum Gasteiger partial charge on any atom is 0.422 e.